The van der Waals surface area contributed by atoms with Crippen LogP contribution in [0, 0.1) is 5.82 Å². The van der Waals surface area contributed by atoms with Gasteiger partial charge < -0.3 is 19.4 Å². The van der Waals surface area contributed by atoms with E-state index < -0.39 is 17.9 Å². The first kappa shape index (κ1) is 26.7. The first-order valence-corrected chi connectivity index (χ1v) is 13.1. The quantitative estimate of drug-likeness (QED) is 0.225. The Hall–Kier alpha value is -4.92. The van der Waals surface area contributed by atoms with Crippen LogP contribution in [0.1, 0.15) is 37.9 Å². The van der Waals surface area contributed by atoms with Crippen molar-refractivity contribution in [3.63, 3.8) is 0 Å². The molecule has 2 heterocycles. The lowest BCUT2D eigenvalue weighted by molar-refractivity contribution is 0.170. The molecule has 1 N–H and O–H groups in total. The molecule has 0 aliphatic heterocycles. The first-order chi connectivity index (χ1) is 19.5. The van der Waals surface area contributed by atoms with Gasteiger partial charge in [0.05, 0.1) is 47.7 Å². The van der Waals surface area contributed by atoms with Gasteiger partial charge in [-0.3, -0.25) is 9.36 Å². The second-order valence-corrected chi connectivity index (χ2v) is 9.10. The molecule has 1 unspecified atom stereocenters. The van der Waals surface area contributed by atoms with E-state index in [9.17, 15) is 14.0 Å². The molecule has 0 saturated carbocycles. The smallest absolute Gasteiger partial charge is 0.322 e. The van der Waals surface area contributed by atoms with E-state index in [1.165, 1.54) is 27.9 Å². The van der Waals surface area contributed by atoms with Crippen molar-refractivity contribution >= 4 is 22.6 Å². The summed E-state index contributed by atoms with van der Waals surface area (Å²) in [5, 5.41) is 3.13. The highest BCUT2D eigenvalue weighted by Crippen LogP contribution is 2.29. The Kier molecular flexibility index (Phi) is 7.91. The second-order valence-electron chi connectivity index (χ2n) is 9.10. The summed E-state index contributed by atoms with van der Waals surface area (Å²) in [6.07, 6.45) is 1.93. The van der Waals surface area contributed by atoms with Gasteiger partial charge in [0, 0.05) is 0 Å². The van der Waals surface area contributed by atoms with E-state index in [1.54, 1.807) is 66.7 Å². The molecule has 0 spiro atoms. The summed E-state index contributed by atoms with van der Waals surface area (Å²) in [5.41, 5.74) is 0.862. The summed E-state index contributed by atoms with van der Waals surface area (Å²) in [7, 11) is 0. The number of urea groups is 1. The van der Waals surface area contributed by atoms with E-state index in [0.717, 1.165) is 0 Å². The summed E-state index contributed by atoms with van der Waals surface area (Å²) in [6, 6.07) is 22.4. The molecule has 40 heavy (non-hydrogen) atoms. The third kappa shape index (κ3) is 5.44. The average Bonchev–Trinajstić information content (AvgIpc) is 3.48. The summed E-state index contributed by atoms with van der Waals surface area (Å²) >= 11 is 0. The highest BCUT2D eigenvalue weighted by molar-refractivity contribution is 5.89. The normalized spacial score (nSPS) is 11.8. The molecule has 0 saturated heterocycles. The molecule has 0 aliphatic carbocycles. The number of anilines is 1. The molecule has 204 valence electrons. The highest BCUT2D eigenvalue weighted by Gasteiger charge is 2.30. The number of furan rings is 1. The third-order valence-corrected chi connectivity index (χ3v) is 6.55. The van der Waals surface area contributed by atoms with Gasteiger partial charge in [-0.2, -0.15) is 0 Å². The molecule has 0 radical (unpaired) electrons. The molecule has 3 aromatic carbocycles. The van der Waals surface area contributed by atoms with Crippen molar-refractivity contribution < 1.29 is 18.3 Å². The zero-order valence-corrected chi connectivity index (χ0v) is 22.2. The van der Waals surface area contributed by atoms with E-state index in [-0.39, 0.29) is 17.8 Å². The highest BCUT2D eigenvalue weighted by atomic mass is 19.1. The Balaban J connectivity index is 1.66. The van der Waals surface area contributed by atoms with Gasteiger partial charge in [-0.25, -0.2) is 14.2 Å². The first-order valence-electron chi connectivity index (χ1n) is 13.1. The fourth-order valence-corrected chi connectivity index (χ4v) is 4.67. The van der Waals surface area contributed by atoms with Crippen molar-refractivity contribution in [2.45, 2.75) is 32.9 Å². The molecule has 0 fully saturated rings. The van der Waals surface area contributed by atoms with Crippen LogP contribution in [0.5, 0.6) is 5.75 Å². The summed E-state index contributed by atoms with van der Waals surface area (Å²) in [4.78, 5) is 34.1. The summed E-state index contributed by atoms with van der Waals surface area (Å²) in [5.74, 6) is 1.01. The van der Waals surface area contributed by atoms with Crippen LogP contribution >= 0.6 is 0 Å². The molecule has 1 atom stereocenters. The van der Waals surface area contributed by atoms with Gasteiger partial charge in [0.15, 0.2) is 0 Å². The van der Waals surface area contributed by atoms with E-state index in [0.29, 0.717) is 47.0 Å². The number of benzene rings is 3. The van der Waals surface area contributed by atoms with Gasteiger partial charge in [-0.15, -0.1) is 0 Å². The second kappa shape index (κ2) is 11.9. The van der Waals surface area contributed by atoms with Gasteiger partial charge in [0.2, 0.25) is 0 Å². The fraction of sp³-hybridized carbons (Fsp3) is 0.194. The standard InChI is InChI=1S/C31H29FN4O4/c1-3-28(35(20-23-10-9-19-40-23)31(38)34-27-14-8-6-12-25(27)32)29-33-26-13-7-5-11-24(26)30(37)36(29)21-15-17-22(18-16-21)39-4-2/h5-19,28H,3-4,20H2,1-2H3,(H,34,38). The predicted octanol–water partition coefficient (Wildman–Crippen LogP) is 6.70. The number of halogens is 1. The van der Waals surface area contributed by atoms with Crippen LogP contribution in [0.3, 0.4) is 0 Å². The molecule has 8 nitrogen and oxygen atoms in total. The Bertz CT molecular complexity index is 1670. The van der Waals surface area contributed by atoms with Crippen LogP contribution in [0.2, 0.25) is 0 Å². The van der Waals surface area contributed by atoms with Crippen LogP contribution in [0.15, 0.2) is 100 Å². The topological polar surface area (TPSA) is 89.6 Å². The third-order valence-electron chi connectivity index (χ3n) is 6.55. The van der Waals surface area contributed by atoms with Crippen molar-refractivity contribution in [1.82, 2.24) is 14.5 Å². The zero-order valence-electron chi connectivity index (χ0n) is 22.2. The van der Waals surface area contributed by atoms with Gasteiger partial charge in [0.1, 0.15) is 23.2 Å². The van der Waals surface area contributed by atoms with Crippen molar-refractivity contribution in [1.29, 1.82) is 0 Å². The van der Waals surface area contributed by atoms with E-state index in [2.05, 4.69) is 5.32 Å². The van der Waals surface area contributed by atoms with Crippen molar-refractivity contribution in [3.05, 3.63) is 119 Å². The predicted molar refractivity (Wildman–Crippen MR) is 151 cm³/mol. The Morgan fingerprint density at radius 2 is 1.77 bits per heavy atom. The van der Waals surface area contributed by atoms with Crippen molar-refractivity contribution in [2.24, 2.45) is 0 Å². The molecule has 2 aromatic heterocycles. The number of para-hydroxylation sites is 2. The molecule has 0 bridgehead atoms. The molecule has 9 heteroatoms. The number of rotatable bonds is 9. The molecule has 5 rings (SSSR count). The van der Waals surface area contributed by atoms with Gasteiger partial charge in [-0.05, 0) is 74.0 Å². The number of nitrogens with zero attached hydrogens (tertiary/aromatic N) is 3. The van der Waals surface area contributed by atoms with Crippen molar-refractivity contribution in [3.8, 4) is 11.4 Å². The van der Waals surface area contributed by atoms with Crippen LogP contribution in [-0.2, 0) is 6.54 Å². The number of ether oxygens (including phenoxy) is 1. The Morgan fingerprint density at radius 1 is 1.02 bits per heavy atom. The number of carbonyl (C=O) groups is 1. The van der Waals surface area contributed by atoms with Gasteiger partial charge in [0.25, 0.3) is 5.56 Å². The van der Waals surface area contributed by atoms with Gasteiger partial charge in [-0.1, -0.05) is 31.2 Å². The number of fused-ring (bicyclic) bond motifs is 1. The lowest BCUT2D eigenvalue weighted by atomic mass is 10.1. The van der Waals surface area contributed by atoms with E-state index >= 15 is 0 Å². The largest absolute Gasteiger partial charge is 0.494 e. The maximum Gasteiger partial charge on any atom is 0.322 e. The number of amides is 2. The zero-order chi connectivity index (χ0) is 28.1. The monoisotopic (exact) mass is 540 g/mol. The summed E-state index contributed by atoms with van der Waals surface area (Å²) in [6.45, 7) is 4.38. The lowest BCUT2D eigenvalue weighted by Gasteiger charge is -2.32. The van der Waals surface area contributed by atoms with Crippen LogP contribution < -0.4 is 15.6 Å². The molecular formula is C31H29FN4O4. The maximum absolute atomic E-state index is 14.5. The number of aromatic nitrogens is 2. The van der Waals surface area contributed by atoms with Gasteiger partial charge >= 0.3 is 6.03 Å². The number of carbonyl (C=O) groups excluding carboxylic acids is 1. The number of nitrogens with one attached hydrogen (secondary N) is 1. The minimum atomic E-state index is -0.680. The molecular weight excluding hydrogens is 511 g/mol. The number of hydrogen-bond donors (Lipinski definition) is 1. The van der Waals surface area contributed by atoms with E-state index in [4.69, 9.17) is 14.1 Å². The van der Waals surface area contributed by atoms with E-state index in [1.807, 2.05) is 19.9 Å². The number of hydrogen-bond acceptors (Lipinski definition) is 5. The minimum Gasteiger partial charge on any atom is -0.494 e. The van der Waals surface area contributed by atoms with Crippen LogP contribution in [0.25, 0.3) is 16.6 Å². The van der Waals surface area contributed by atoms with Crippen LogP contribution in [0.4, 0.5) is 14.9 Å². The Morgan fingerprint density at radius 3 is 2.48 bits per heavy atom. The molecule has 5 aromatic rings. The Labute approximate surface area is 230 Å². The fourth-order valence-electron chi connectivity index (χ4n) is 4.67. The minimum absolute atomic E-state index is 0.0437. The lowest BCUT2D eigenvalue weighted by Crippen LogP contribution is -2.40. The van der Waals surface area contributed by atoms with Crippen molar-refractivity contribution in [2.75, 3.05) is 11.9 Å². The average molecular weight is 541 g/mol. The SMILES string of the molecule is CCOc1ccc(-n2c(C(CC)N(Cc3ccco3)C(=O)Nc3ccccc3F)nc3ccccc3c2=O)cc1. The molecule has 0 aliphatic rings. The van der Waals surface area contributed by atoms with Crippen LogP contribution in [-0.4, -0.2) is 27.1 Å². The maximum atomic E-state index is 14.5. The summed E-state index contributed by atoms with van der Waals surface area (Å²) < 4.78 is 27.2. The molecule has 2 amide bonds.